The summed E-state index contributed by atoms with van der Waals surface area (Å²) in [6.45, 7) is -0.617. The summed E-state index contributed by atoms with van der Waals surface area (Å²) in [4.78, 5) is 13.4. The van der Waals surface area contributed by atoms with Crippen molar-refractivity contribution < 1.29 is 53.3 Å². The lowest BCUT2D eigenvalue weighted by atomic mass is 9.99. The van der Waals surface area contributed by atoms with E-state index < -0.39 is 42.7 Å². The number of rotatable bonds is 7. The Labute approximate surface area is 198 Å². The number of benzene rings is 2. The Hall–Kier alpha value is -3.29. The van der Waals surface area contributed by atoms with E-state index in [9.17, 15) is 25.2 Å². The van der Waals surface area contributed by atoms with Crippen LogP contribution in [0, 0.1) is 0 Å². The molecule has 2 heterocycles. The largest absolute Gasteiger partial charge is 0.493 e. The molecule has 0 unspecified atom stereocenters. The van der Waals surface area contributed by atoms with Crippen molar-refractivity contribution in [3.8, 4) is 28.7 Å². The van der Waals surface area contributed by atoms with Gasteiger partial charge in [0.05, 0.1) is 40.4 Å². The molecule has 4 N–H and O–H groups in total. The Morgan fingerprint density at radius 3 is 2.06 bits per heavy atom. The second-order valence-corrected chi connectivity index (χ2v) is 7.76. The number of aliphatic hydroxyl groups is 4. The van der Waals surface area contributed by atoms with Crippen molar-refractivity contribution in [2.24, 2.45) is 0 Å². The van der Waals surface area contributed by atoms with Gasteiger partial charge in [0.1, 0.15) is 41.0 Å². The highest BCUT2D eigenvalue weighted by Gasteiger charge is 2.45. The van der Waals surface area contributed by atoms with Crippen molar-refractivity contribution in [1.82, 2.24) is 0 Å². The van der Waals surface area contributed by atoms with Gasteiger partial charge in [0.15, 0.2) is 23.0 Å². The summed E-state index contributed by atoms with van der Waals surface area (Å²) in [5, 5.41) is 40.0. The molecule has 0 bridgehead atoms. The topological polar surface area (TPSA) is 167 Å². The zero-order valence-corrected chi connectivity index (χ0v) is 19.4. The molecule has 0 saturated carbocycles. The predicted molar refractivity (Wildman–Crippen MR) is 121 cm³/mol. The van der Waals surface area contributed by atoms with Crippen LogP contribution in [0.5, 0.6) is 28.7 Å². The van der Waals surface area contributed by atoms with Gasteiger partial charge in [-0.25, -0.2) is 0 Å². The van der Waals surface area contributed by atoms with Crippen LogP contribution >= 0.6 is 0 Å². The first kappa shape index (κ1) is 24.8. The molecule has 4 rings (SSSR count). The first-order valence-corrected chi connectivity index (χ1v) is 10.5. The zero-order chi connectivity index (χ0) is 25.4. The van der Waals surface area contributed by atoms with E-state index in [1.807, 2.05) is 0 Å². The lowest BCUT2D eigenvalue weighted by Gasteiger charge is -2.39. The predicted octanol–water partition coefficient (Wildman–Crippen LogP) is 0.159. The number of fused-ring (bicyclic) bond motifs is 2. The maximum atomic E-state index is 13.4. The quantitative estimate of drug-likeness (QED) is 0.329. The van der Waals surface area contributed by atoms with Crippen molar-refractivity contribution in [2.45, 2.75) is 30.7 Å². The average molecular weight is 494 g/mol. The summed E-state index contributed by atoms with van der Waals surface area (Å²) in [6.07, 6.45) is -7.44. The molecule has 1 saturated heterocycles. The molecular formula is C23H26O12. The minimum Gasteiger partial charge on any atom is -0.493 e. The Morgan fingerprint density at radius 2 is 1.46 bits per heavy atom. The van der Waals surface area contributed by atoms with Gasteiger partial charge in [-0.05, 0) is 6.07 Å². The summed E-state index contributed by atoms with van der Waals surface area (Å²) in [5.41, 5.74) is -0.171. The molecule has 190 valence electrons. The smallest absolute Gasteiger partial charge is 0.229 e. The molecule has 5 atom stereocenters. The summed E-state index contributed by atoms with van der Waals surface area (Å²) >= 11 is 0. The normalized spacial score (nSPS) is 24.4. The van der Waals surface area contributed by atoms with Gasteiger partial charge < -0.3 is 53.3 Å². The van der Waals surface area contributed by atoms with Crippen molar-refractivity contribution >= 4 is 21.9 Å². The van der Waals surface area contributed by atoms with Crippen molar-refractivity contribution in [1.29, 1.82) is 0 Å². The van der Waals surface area contributed by atoms with Crippen LogP contribution in [0.15, 0.2) is 27.4 Å². The van der Waals surface area contributed by atoms with Gasteiger partial charge in [0.2, 0.25) is 17.5 Å². The Bertz CT molecular complexity index is 1280. The van der Waals surface area contributed by atoms with Crippen LogP contribution in [0.3, 0.4) is 0 Å². The average Bonchev–Trinajstić information content (AvgIpc) is 2.87. The van der Waals surface area contributed by atoms with E-state index in [0.29, 0.717) is 0 Å². The molecule has 1 aliphatic rings. The highest BCUT2D eigenvalue weighted by Crippen LogP contribution is 2.43. The van der Waals surface area contributed by atoms with Gasteiger partial charge >= 0.3 is 0 Å². The maximum absolute atomic E-state index is 13.4. The van der Waals surface area contributed by atoms with Gasteiger partial charge in [-0.3, -0.25) is 4.79 Å². The van der Waals surface area contributed by atoms with Crippen molar-refractivity contribution in [2.75, 3.05) is 35.0 Å². The molecule has 0 spiro atoms. The van der Waals surface area contributed by atoms with E-state index in [4.69, 9.17) is 32.8 Å². The molecule has 35 heavy (non-hydrogen) atoms. The third-order valence-corrected chi connectivity index (χ3v) is 5.84. The maximum Gasteiger partial charge on any atom is 0.229 e. The highest BCUT2D eigenvalue weighted by molar-refractivity contribution is 5.97. The van der Waals surface area contributed by atoms with Gasteiger partial charge in [-0.2, -0.15) is 0 Å². The van der Waals surface area contributed by atoms with Crippen LogP contribution in [0.25, 0.3) is 21.9 Å². The molecular weight excluding hydrogens is 468 g/mol. The van der Waals surface area contributed by atoms with E-state index in [1.165, 1.54) is 46.6 Å². The summed E-state index contributed by atoms with van der Waals surface area (Å²) in [6, 6.07) is 4.23. The standard InChI is InChI=1S/C23H26O12/c1-29-11-5-9-10(6-12(11)34-23-20(28)19(27)18(26)15(8-24)35-23)33-13-7-14(30-2)21(31-3)22(32-4)16(13)17(9)25/h5-7,15,18-20,23-24,26-28H,8H2,1-4H3/t15-,18-,19-,20-,23-/m1/s1. The summed E-state index contributed by atoms with van der Waals surface area (Å²) in [7, 11) is 5.58. The van der Waals surface area contributed by atoms with Crippen molar-refractivity contribution in [3.63, 3.8) is 0 Å². The molecule has 1 aromatic heterocycles. The Morgan fingerprint density at radius 1 is 0.800 bits per heavy atom. The SMILES string of the molecule is COc1cc2c(=O)c3c(OC)c(OC)c(OC)cc3oc2cc1O[C@@H]1O[C@H](CO)[C@@H](O)[C@@H](O)[C@H]1O. The third-order valence-electron chi connectivity index (χ3n) is 5.84. The number of ether oxygens (including phenoxy) is 6. The van der Waals surface area contributed by atoms with E-state index in [-0.39, 0.29) is 50.7 Å². The highest BCUT2D eigenvalue weighted by atomic mass is 16.7. The molecule has 0 radical (unpaired) electrons. The molecule has 0 amide bonds. The number of methoxy groups -OCH3 is 4. The fraction of sp³-hybridized carbons (Fsp3) is 0.435. The first-order valence-electron chi connectivity index (χ1n) is 10.5. The minimum atomic E-state index is -1.64. The fourth-order valence-corrected chi connectivity index (χ4v) is 4.03. The van der Waals surface area contributed by atoms with Crippen LogP contribution in [0.1, 0.15) is 0 Å². The van der Waals surface area contributed by atoms with Gasteiger partial charge in [-0.1, -0.05) is 0 Å². The summed E-state index contributed by atoms with van der Waals surface area (Å²) < 4.78 is 38.5. The molecule has 12 heteroatoms. The van der Waals surface area contributed by atoms with Crippen LogP contribution in [-0.2, 0) is 4.74 Å². The van der Waals surface area contributed by atoms with E-state index >= 15 is 0 Å². The zero-order valence-electron chi connectivity index (χ0n) is 19.4. The van der Waals surface area contributed by atoms with Crippen LogP contribution in [0.4, 0.5) is 0 Å². The minimum absolute atomic E-state index is 0.0132. The third kappa shape index (κ3) is 4.09. The van der Waals surface area contributed by atoms with E-state index in [0.717, 1.165) is 0 Å². The van der Waals surface area contributed by atoms with Crippen LogP contribution in [0.2, 0.25) is 0 Å². The first-order chi connectivity index (χ1) is 16.8. The van der Waals surface area contributed by atoms with Crippen LogP contribution < -0.4 is 29.1 Å². The molecule has 0 aliphatic carbocycles. The number of hydrogen-bond acceptors (Lipinski definition) is 12. The number of aliphatic hydroxyl groups excluding tert-OH is 4. The van der Waals surface area contributed by atoms with Gasteiger partial charge in [0, 0.05) is 12.1 Å². The van der Waals surface area contributed by atoms with Crippen molar-refractivity contribution in [3.05, 3.63) is 28.4 Å². The molecule has 1 aliphatic heterocycles. The lowest BCUT2D eigenvalue weighted by Crippen LogP contribution is -2.60. The van der Waals surface area contributed by atoms with Gasteiger partial charge in [-0.15, -0.1) is 0 Å². The fourth-order valence-electron chi connectivity index (χ4n) is 4.03. The molecule has 3 aromatic rings. The molecule has 12 nitrogen and oxygen atoms in total. The van der Waals surface area contributed by atoms with E-state index in [1.54, 1.807) is 0 Å². The van der Waals surface area contributed by atoms with E-state index in [2.05, 4.69) is 0 Å². The monoisotopic (exact) mass is 494 g/mol. The summed E-state index contributed by atoms with van der Waals surface area (Å²) in [5.74, 6) is 0.757. The lowest BCUT2D eigenvalue weighted by molar-refractivity contribution is -0.277. The number of hydrogen-bond donors (Lipinski definition) is 4. The Kier molecular flexibility index (Phi) is 6.92. The molecule has 1 fully saturated rings. The Balaban J connectivity index is 1.86. The molecule has 2 aromatic carbocycles. The van der Waals surface area contributed by atoms with Crippen LogP contribution in [-0.4, -0.2) is 86.2 Å². The van der Waals surface area contributed by atoms with Gasteiger partial charge in [0.25, 0.3) is 0 Å². The second kappa shape index (κ2) is 9.76. The second-order valence-electron chi connectivity index (χ2n) is 7.76.